The minimum Gasteiger partial charge on any atom is -0.496 e. The number of carbonyl (C=O) groups excluding carboxylic acids is 1. The summed E-state index contributed by atoms with van der Waals surface area (Å²) in [6.45, 7) is 0. The van der Waals surface area contributed by atoms with Gasteiger partial charge in [-0.15, -0.1) is 0 Å². The number of nitrogens with one attached hydrogen (secondary N) is 1. The topological polar surface area (TPSA) is 65.4 Å². The maximum atomic E-state index is 13.8. The number of hydrogen-bond acceptors (Lipinski definition) is 4. The van der Waals surface area contributed by atoms with Crippen molar-refractivity contribution in [3.63, 3.8) is 0 Å². The van der Waals surface area contributed by atoms with E-state index in [0.717, 1.165) is 17.3 Å². The first-order valence-electron chi connectivity index (χ1n) is 9.89. The SMILES string of the molecule is COc1cc(NC(=O)Oc2cnn(-c3ccc(Cl)cc3)c2C(F)(F)F)ccc1-c1ccccc1. The van der Waals surface area contributed by atoms with Crippen molar-refractivity contribution in [3.8, 4) is 28.3 Å². The second kappa shape index (κ2) is 9.48. The summed E-state index contributed by atoms with van der Waals surface area (Å²) in [4.78, 5) is 12.4. The van der Waals surface area contributed by atoms with Gasteiger partial charge in [0, 0.05) is 22.3 Å². The number of nitrogens with zero attached hydrogens (tertiary/aromatic N) is 2. The molecule has 0 atom stereocenters. The molecule has 0 saturated heterocycles. The van der Waals surface area contributed by atoms with Gasteiger partial charge < -0.3 is 9.47 Å². The minimum atomic E-state index is -4.84. The number of hydrogen-bond donors (Lipinski definition) is 1. The van der Waals surface area contributed by atoms with Crippen LogP contribution < -0.4 is 14.8 Å². The van der Waals surface area contributed by atoms with Crippen LogP contribution in [0.5, 0.6) is 11.5 Å². The van der Waals surface area contributed by atoms with Gasteiger partial charge in [-0.3, -0.25) is 5.32 Å². The average molecular weight is 488 g/mol. The van der Waals surface area contributed by atoms with Gasteiger partial charge >= 0.3 is 12.3 Å². The third-order valence-corrected chi connectivity index (χ3v) is 5.06. The van der Waals surface area contributed by atoms with Crippen LogP contribution in [0.3, 0.4) is 0 Å². The van der Waals surface area contributed by atoms with Crippen molar-refractivity contribution in [2.45, 2.75) is 6.18 Å². The molecule has 0 bridgehead atoms. The van der Waals surface area contributed by atoms with Crippen LogP contribution in [-0.4, -0.2) is 23.0 Å². The van der Waals surface area contributed by atoms with Gasteiger partial charge in [-0.05, 0) is 42.0 Å². The summed E-state index contributed by atoms with van der Waals surface area (Å²) < 4.78 is 52.3. The summed E-state index contributed by atoms with van der Waals surface area (Å²) >= 11 is 5.81. The lowest BCUT2D eigenvalue weighted by Crippen LogP contribution is -2.20. The van der Waals surface area contributed by atoms with Gasteiger partial charge in [-0.1, -0.05) is 41.9 Å². The van der Waals surface area contributed by atoms with Crippen LogP contribution in [0.25, 0.3) is 16.8 Å². The maximum Gasteiger partial charge on any atom is 0.437 e. The molecule has 6 nitrogen and oxygen atoms in total. The van der Waals surface area contributed by atoms with Crippen molar-refractivity contribution < 1.29 is 27.4 Å². The number of amides is 1. The Hall–Kier alpha value is -3.98. The Morgan fingerprint density at radius 3 is 2.35 bits per heavy atom. The first-order chi connectivity index (χ1) is 16.3. The van der Waals surface area contributed by atoms with Crippen LogP contribution >= 0.6 is 11.6 Å². The third kappa shape index (κ3) is 4.99. The molecule has 4 aromatic rings. The monoisotopic (exact) mass is 487 g/mol. The van der Waals surface area contributed by atoms with Crippen LogP contribution in [0.2, 0.25) is 5.02 Å². The zero-order valence-electron chi connectivity index (χ0n) is 17.6. The second-order valence-electron chi connectivity index (χ2n) is 7.04. The van der Waals surface area contributed by atoms with E-state index in [9.17, 15) is 18.0 Å². The number of rotatable bonds is 5. The average Bonchev–Trinajstić information content (AvgIpc) is 3.24. The molecular weight excluding hydrogens is 471 g/mol. The summed E-state index contributed by atoms with van der Waals surface area (Å²) in [5, 5.41) is 6.52. The van der Waals surface area contributed by atoms with E-state index in [1.54, 1.807) is 18.2 Å². The standard InChI is InChI=1S/C24H17ClF3N3O3/c1-33-20-13-17(9-12-19(20)15-5-3-2-4-6-15)30-23(32)34-21-14-29-31(22(21)24(26,27)28)18-10-7-16(25)8-11-18/h2-14H,1H3,(H,30,32). The van der Waals surface area contributed by atoms with E-state index in [1.807, 2.05) is 30.3 Å². The second-order valence-corrected chi connectivity index (χ2v) is 7.48. The minimum absolute atomic E-state index is 0.105. The fourth-order valence-corrected chi connectivity index (χ4v) is 3.44. The summed E-state index contributed by atoms with van der Waals surface area (Å²) in [6.07, 6.45) is -5.13. The van der Waals surface area contributed by atoms with Gasteiger partial charge in [0.15, 0.2) is 11.4 Å². The van der Waals surface area contributed by atoms with Crippen LogP contribution in [0.1, 0.15) is 5.69 Å². The first kappa shape index (κ1) is 23.2. The van der Waals surface area contributed by atoms with Crippen molar-refractivity contribution in [2.24, 2.45) is 0 Å². The number of carbonyl (C=O) groups is 1. The molecular formula is C24H17ClF3N3O3. The van der Waals surface area contributed by atoms with E-state index in [1.165, 1.54) is 31.4 Å². The smallest absolute Gasteiger partial charge is 0.437 e. The molecule has 10 heteroatoms. The normalized spacial score (nSPS) is 11.2. The molecule has 1 amide bonds. The molecule has 0 unspecified atom stereocenters. The molecule has 0 spiro atoms. The fourth-order valence-electron chi connectivity index (χ4n) is 3.31. The predicted molar refractivity (Wildman–Crippen MR) is 122 cm³/mol. The third-order valence-electron chi connectivity index (χ3n) is 4.81. The van der Waals surface area contributed by atoms with Gasteiger partial charge in [0.05, 0.1) is 19.0 Å². The number of halogens is 4. The van der Waals surface area contributed by atoms with Crippen molar-refractivity contribution in [1.29, 1.82) is 0 Å². The van der Waals surface area contributed by atoms with Gasteiger partial charge in [0.25, 0.3) is 0 Å². The van der Waals surface area contributed by atoms with E-state index >= 15 is 0 Å². The quantitative estimate of drug-likeness (QED) is 0.335. The largest absolute Gasteiger partial charge is 0.496 e. The summed E-state index contributed by atoms with van der Waals surface area (Å²) in [5.74, 6) is -0.275. The number of ether oxygens (including phenoxy) is 2. The fraction of sp³-hybridized carbons (Fsp3) is 0.0833. The lowest BCUT2D eigenvalue weighted by atomic mass is 10.0. The van der Waals surface area contributed by atoms with Gasteiger partial charge in [-0.2, -0.15) is 18.3 Å². The highest BCUT2D eigenvalue weighted by Crippen LogP contribution is 2.38. The van der Waals surface area contributed by atoms with Gasteiger partial charge in [0.1, 0.15) is 5.75 Å². The Labute approximate surface area is 197 Å². The Bertz CT molecular complexity index is 1310. The van der Waals surface area contributed by atoms with Crippen LogP contribution in [0, 0.1) is 0 Å². The Morgan fingerprint density at radius 1 is 1.00 bits per heavy atom. The lowest BCUT2D eigenvalue weighted by molar-refractivity contribution is -0.143. The molecule has 0 aliphatic rings. The molecule has 3 aromatic carbocycles. The van der Waals surface area contributed by atoms with Crippen molar-refractivity contribution >= 4 is 23.4 Å². The summed E-state index contributed by atoms with van der Waals surface area (Å²) in [7, 11) is 1.48. The molecule has 0 saturated carbocycles. The van der Waals surface area contributed by atoms with Crippen LogP contribution in [-0.2, 0) is 6.18 Å². The van der Waals surface area contributed by atoms with Crippen molar-refractivity contribution in [2.75, 3.05) is 12.4 Å². The number of alkyl halides is 3. The highest BCUT2D eigenvalue weighted by molar-refractivity contribution is 6.30. The van der Waals surface area contributed by atoms with Gasteiger partial charge in [0.2, 0.25) is 0 Å². The number of benzene rings is 3. The van der Waals surface area contributed by atoms with Crippen molar-refractivity contribution in [3.05, 3.63) is 89.7 Å². The van der Waals surface area contributed by atoms with E-state index < -0.39 is 23.7 Å². The number of anilines is 1. The maximum absolute atomic E-state index is 13.8. The molecule has 1 aromatic heterocycles. The first-order valence-corrected chi connectivity index (χ1v) is 10.3. The highest BCUT2D eigenvalue weighted by atomic mass is 35.5. The Morgan fingerprint density at radius 2 is 1.71 bits per heavy atom. The summed E-state index contributed by atoms with van der Waals surface area (Å²) in [5.41, 5.74) is 0.832. The molecule has 1 N–H and O–H groups in total. The molecule has 0 aliphatic carbocycles. The molecule has 0 radical (unpaired) electrons. The summed E-state index contributed by atoms with van der Waals surface area (Å²) in [6, 6.07) is 19.9. The lowest BCUT2D eigenvalue weighted by Gasteiger charge is -2.14. The zero-order chi connectivity index (χ0) is 24.3. The molecule has 0 aliphatic heterocycles. The molecule has 1 heterocycles. The number of methoxy groups -OCH3 is 1. The molecule has 4 rings (SSSR count). The van der Waals surface area contributed by atoms with E-state index in [-0.39, 0.29) is 11.4 Å². The highest BCUT2D eigenvalue weighted by Gasteiger charge is 2.40. The predicted octanol–water partition coefficient (Wildman–Crippen LogP) is 6.83. The van der Waals surface area contributed by atoms with Crippen LogP contribution in [0.4, 0.5) is 23.7 Å². The molecule has 0 fully saturated rings. The zero-order valence-corrected chi connectivity index (χ0v) is 18.4. The van der Waals surface area contributed by atoms with E-state index in [2.05, 4.69) is 10.4 Å². The number of aromatic nitrogens is 2. The van der Waals surface area contributed by atoms with E-state index in [0.29, 0.717) is 15.5 Å². The molecule has 34 heavy (non-hydrogen) atoms. The van der Waals surface area contributed by atoms with Crippen LogP contribution in [0.15, 0.2) is 79.0 Å². The van der Waals surface area contributed by atoms with E-state index in [4.69, 9.17) is 21.1 Å². The van der Waals surface area contributed by atoms with Gasteiger partial charge in [-0.25, -0.2) is 9.48 Å². The molecule has 174 valence electrons. The van der Waals surface area contributed by atoms with Crippen molar-refractivity contribution in [1.82, 2.24) is 9.78 Å². The Kier molecular flexibility index (Phi) is 6.47. The Balaban J connectivity index is 1.57.